The number of halogens is 3. The first-order chi connectivity index (χ1) is 9.13. The third kappa shape index (κ3) is 3.73. The maximum absolute atomic E-state index is 12.6. The van der Waals surface area contributed by atoms with Gasteiger partial charge in [-0.3, -0.25) is 4.79 Å². The maximum atomic E-state index is 12.6. The van der Waals surface area contributed by atoms with Crippen LogP contribution in [0.5, 0.6) is 0 Å². The molecule has 0 aromatic heterocycles. The average molecular weight is 410 g/mol. The first-order valence-electron chi connectivity index (χ1n) is 6.45. The Bertz CT molecular complexity index is 467. The van der Waals surface area contributed by atoms with Gasteiger partial charge in [0, 0.05) is 27.4 Å². The third-order valence-corrected chi connectivity index (χ3v) is 4.89. The number of alkyl halides is 1. The molecule has 19 heavy (non-hydrogen) atoms. The smallest absolute Gasteiger partial charge is 0.255 e. The molecule has 1 aliphatic heterocycles. The Labute approximate surface area is 135 Å². The van der Waals surface area contributed by atoms with Crippen LogP contribution in [0.25, 0.3) is 0 Å². The summed E-state index contributed by atoms with van der Waals surface area (Å²) in [7, 11) is 0. The lowest BCUT2D eigenvalue weighted by Crippen LogP contribution is -2.35. The number of nitrogens with zero attached hydrogens (tertiary/aromatic N) is 1. The number of carbonyl (C=O) groups is 1. The van der Waals surface area contributed by atoms with Crippen molar-refractivity contribution in [2.45, 2.75) is 31.7 Å². The highest BCUT2D eigenvalue weighted by Crippen LogP contribution is 2.28. The highest BCUT2D eigenvalue weighted by molar-refractivity contribution is 9.11. The Hall–Kier alpha value is -0.0600. The van der Waals surface area contributed by atoms with Crippen LogP contribution in [0.2, 0.25) is 0 Å². The number of likely N-dealkylation sites (tertiary alicyclic amines) is 1. The van der Waals surface area contributed by atoms with Crippen molar-refractivity contribution in [2.24, 2.45) is 0 Å². The Morgan fingerprint density at radius 2 is 2.21 bits per heavy atom. The van der Waals surface area contributed by atoms with E-state index in [1.807, 2.05) is 23.1 Å². The van der Waals surface area contributed by atoms with Gasteiger partial charge in [0.2, 0.25) is 0 Å². The Balaban J connectivity index is 2.13. The molecule has 1 fully saturated rings. The van der Waals surface area contributed by atoms with Crippen molar-refractivity contribution in [2.75, 3.05) is 12.4 Å². The summed E-state index contributed by atoms with van der Waals surface area (Å²) in [6.07, 6.45) is 4.16. The van der Waals surface area contributed by atoms with Gasteiger partial charge in [-0.05, 0) is 59.8 Å². The van der Waals surface area contributed by atoms with E-state index in [0.717, 1.165) is 46.7 Å². The van der Waals surface area contributed by atoms with Crippen molar-refractivity contribution >= 4 is 49.4 Å². The maximum Gasteiger partial charge on any atom is 0.255 e. The summed E-state index contributed by atoms with van der Waals surface area (Å²) in [5.74, 6) is 0.789. The topological polar surface area (TPSA) is 20.3 Å². The summed E-state index contributed by atoms with van der Waals surface area (Å²) in [6, 6.07) is 6.04. The van der Waals surface area contributed by atoms with E-state index in [-0.39, 0.29) is 5.91 Å². The summed E-state index contributed by atoms with van der Waals surface area (Å²) < 4.78 is 1.81. The summed E-state index contributed by atoms with van der Waals surface area (Å²) in [5.41, 5.74) is 0.737. The molecular weight excluding hydrogens is 393 g/mol. The van der Waals surface area contributed by atoms with Crippen LogP contribution in [0.4, 0.5) is 0 Å². The van der Waals surface area contributed by atoms with Crippen LogP contribution in [0.1, 0.15) is 36.0 Å². The standard InChI is InChI=1S/C14H16Br2ClNO/c15-10-5-6-12(13(16)9-10)14(19)18-8-2-4-11(18)3-1-7-17/h5-6,9,11H,1-4,7-8H2. The molecule has 1 aliphatic rings. The normalized spacial score (nSPS) is 18.9. The van der Waals surface area contributed by atoms with Crippen LogP contribution in [0, 0.1) is 0 Å². The van der Waals surface area contributed by atoms with E-state index in [2.05, 4.69) is 31.9 Å². The van der Waals surface area contributed by atoms with Crippen molar-refractivity contribution < 1.29 is 4.79 Å². The van der Waals surface area contributed by atoms with Gasteiger partial charge < -0.3 is 4.90 Å². The second-order valence-electron chi connectivity index (χ2n) is 4.75. The Kier molecular flexibility index (Phi) is 5.72. The zero-order valence-electron chi connectivity index (χ0n) is 10.5. The molecule has 1 unspecified atom stereocenters. The quantitative estimate of drug-likeness (QED) is 0.652. The number of hydrogen-bond donors (Lipinski definition) is 0. The molecule has 1 amide bonds. The summed E-state index contributed by atoms with van der Waals surface area (Å²) in [4.78, 5) is 14.6. The zero-order valence-corrected chi connectivity index (χ0v) is 14.5. The van der Waals surface area contributed by atoms with Crippen molar-refractivity contribution in [3.05, 3.63) is 32.7 Å². The molecular formula is C14H16Br2ClNO. The molecule has 0 aliphatic carbocycles. The van der Waals surface area contributed by atoms with Crippen LogP contribution in [-0.2, 0) is 0 Å². The molecule has 1 atom stereocenters. The minimum Gasteiger partial charge on any atom is -0.336 e. The summed E-state index contributed by atoms with van der Waals surface area (Å²) in [5, 5.41) is 0. The van der Waals surface area contributed by atoms with Gasteiger partial charge in [-0.15, -0.1) is 11.6 Å². The van der Waals surface area contributed by atoms with Crippen LogP contribution in [0.3, 0.4) is 0 Å². The van der Waals surface area contributed by atoms with Gasteiger partial charge in [0.1, 0.15) is 0 Å². The first kappa shape index (κ1) is 15.3. The van der Waals surface area contributed by atoms with E-state index < -0.39 is 0 Å². The number of amides is 1. The van der Waals surface area contributed by atoms with Crippen LogP contribution >= 0.6 is 43.5 Å². The first-order valence-corrected chi connectivity index (χ1v) is 8.57. The fraction of sp³-hybridized carbons (Fsp3) is 0.500. The highest BCUT2D eigenvalue weighted by Gasteiger charge is 2.29. The molecule has 1 saturated heterocycles. The predicted octanol–water partition coefficient (Wildman–Crippen LogP) is 4.84. The van der Waals surface area contributed by atoms with Gasteiger partial charge in [-0.2, -0.15) is 0 Å². The molecule has 0 bridgehead atoms. The Morgan fingerprint density at radius 1 is 1.42 bits per heavy atom. The minimum absolute atomic E-state index is 0.122. The molecule has 5 heteroatoms. The van der Waals surface area contributed by atoms with E-state index in [1.165, 1.54) is 0 Å². The van der Waals surface area contributed by atoms with Gasteiger partial charge in [0.05, 0.1) is 5.56 Å². The van der Waals surface area contributed by atoms with Crippen LogP contribution < -0.4 is 0 Å². The van der Waals surface area contributed by atoms with Crippen molar-refractivity contribution in [3.8, 4) is 0 Å². The van der Waals surface area contributed by atoms with E-state index in [4.69, 9.17) is 11.6 Å². The molecule has 0 spiro atoms. The number of carbonyl (C=O) groups excluding carboxylic acids is 1. The average Bonchev–Trinajstić information content (AvgIpc) is 2.83. The summed E-state index contributed by atoms with van der Waals surface area (Å²) >= 11 is 12.6. The molecule has 0 saturated carbocycles. The summed E-state index contributed by atoms with van der Waals surface area (Å²) in [6.45, 7) is 0.855. The largest absolute Gasteiger partial charge is 0.336 e. The second-order valence-corrected chi connectivity index (χ2v) is 6.90. The predicted molar refractivity (Wildman–Crippen MR) is 85.9 cm³/mol. The molecule has 0 N–H and O–H groups in total. The molecule has 2 rings (SSSR count). The van der Waals surface area contributed by atoms with Crippen LogP contribution in [0.15, 0.2) is 27.1 Å². The van der Waals surface area contributed by atoms with E-state index in [0.29, 0.717) is 11.9 Å². The molecule has 104 valence electrons. The molecule has 1 heterocycles. The third-order valence-electron chi connectivity index (χ3n) is 3.47. The van der Waals surface area contributed by atoms with E-state index >= 15 is 0 Å². The van der Waals surface area contributed by atoms with Gasteiger partial charge >= 0.3 is 0 Å². The molecule has 1 aromatic rings. The molecule has 0 radical (unpaired) electrons. The highest BCUT2D eigenvalue weighted by atomic mass is 79.9. The fourth-order valence-electron chi connectivity index (χ4n) is 2.53. The van der Waals surface area contributed by atoms with Gasteiger partial charge in [-0.25, -0.2) is 0 Å². The van der Waals surface area contributed by atoms with Crippen molar-refractivity contribution in [1.29, 1.82) is 0 Å². The lowest BCUT2D eigenvalue weighted by Gasteiger charge is -2.25. The van der Waals surface area contributed by atoms with E-state index in [9.17, 15) is 4.79 Å². The van der Waals surface area contributed by atoms with Gasteiger partial charge in [-0.1, -0.05) is 15.9 Å². The second kappa shape index (κ2) is 7.09. The lowest BCUT2D eigenvalue weighted by molar-refractivity contribution is 0.0729. The number of rotatable bonds is 4. The van der Waals surface area contributed by atoms with Crippen LogP contribution in [-0.4, -0.2) is 29.3 Å². The zero-order chi connectivity index (χ0) is 13.8. The van der Waals surface area contributed by atoms with Crippen molar-refractivity contribution in [3.63, 3.8) is 0 Å². The van der Waals surface area contributed by atoms with Gasteiger partial charge in [0.25, 0.3) is 5.91 Å². The van der Waals surface area contributed by atoms with Crippen molar-refractivity contribution in [1.82, 2.24) is 4.90 Å². The SMILES string of the molecule is O=C(c1ccc(Br)cc1Br)N1CCCC1CCCCl. The number of benzene rings is 1. The van der Waals surface area contributed by atoms with E-state index in [1.54, 1.807) is 0 Å². The molecule has 2 nitrogen and oxygen atoms in total. The van der Waals surface area contributed by atoms with Gasteiger partial charge in [0.15, 0.2) is 0 Å². The fourth-order valence-corrected chi connectivity index (χ4v) is 3.90. The minimum atomic E-state index is 0.122. The number of hydrogen-bond acceptors (Lipinski definition) is 1. The molecule has 1 aromatic carbocycles. The Morgan fingerprint density at radius 3 is 2.89 bits per heavy atom. The monoisotopic (exact) mass is 407 g/mol. The lowest BCUT2D eigenvalue weighted by atomic mass is 10.1.